The lowest BCUT2D eigenvalue weighted by molar-refractivity contribution is 0.477. The van der Waals surface area contributed by atoms with Crippen molar-refractivity contribution < 1.29 is 0 Å². The first-order valence-electron chi connectivity index (χ1n) is 6.55. The molecular weight excluding hydrogens is 218 g/mol. The zero-order valence-corrected chi connectivity index (χ0v) is 11.1. The maximum Gasteiger partial charge on any atom is 0.0432 e. The van der Waals surface area contributed by atoms with Crippen LogP contribution in [0.15, 0.2) is 54.6 Å². The van der Waals surface area contributed by atoms with Crippen molar-refractivity contribution in [3.05, 3.63) is 65.7 Å². The molecule has 3 rings (SSSR count). The van der Waals surface area contributed by atoms with Crippen LogP contribution in [0.5, 0.6) is 0 Å². The Bertz CT molecular complexity index is 543. The van der Waals surface area contributed by atoms with Crippen LogP contribution in [0.2, 0.25) is 0 Å². The number of para-hydroxylation sites is 1. The van der Waals surface area contributed by atoms with Gasteiger partial charge in [0.2, 0.25) is 0 Å². The topological polar surface area (TPSA) is 3.24 Å². The second-order valence-corrected chi connectivity index (χ2v) is 5.73. The molecule has 0 N–H and O–H groups in total. The van der Waals surface area contributed by atoms with E-state index >= 15 is 0 Å². The fourth-order valence-electron chi connectivity index (χ4n) is 2.96. The van der Waals surface area contributed by atoms with Crippen molar-refractivity contribution in [1.82, 2.24) is 0 Å². The van der Waals surface area contributed by atoms with Crippen molar-refractivity contribution in [2.75, 3.05) is 11.4 Å². The molecule has 2 aromatic rings. The van der Waals surface area contributed by atoms with Crippen LogP contribution in [0, 0.1) is 0 Å². The normalized spacial score (nSPS) is 17.3. The Morgan fingerprint density at radius 1 is 0.889 bits per heavy atom. The summed E-state index contributed by atoms with van der Waals surface area (Å²) in [7, 11) is 0. The lowest BCUT2D eigenvalue weighted by atomic mass is 9.78. The van der Waals surface area contributed by atoms with Gasteiger partial charge in [-0.05, 0) is 23.3 Å². The number of fused-ring (bicyclic) bond motifs is 1. The Morgan fingerprint density at radius 2 is 1.56 bits per heavy atom. The summed E-state index contributed by atoms with van der Waals surface area (Å²) in [6.07, 6.45) is 0. The minimum atomic E-state index is 0.213. The molecule has 1 heteroatoms. The molecule has 0 atom stereocenters. The van der Waals surface area contributed by atoms with Gasteiger partial charge in [0.15, 0.2) is 0 Å². The quantitative estimate of drug-likeness (QED) is 0.725. The summed E-state index contributed by atoms with van der Waals surface area (Å²) in [5.41, 5.74) is 4.49. The van der Waals surface area contributed by atoms with Crippen molar-refractivity contribution in [3.63, 3.8) is 0 Å². The number of nitrogens with zero attached hydrogens (tertiary/aromatic N) is 1. The van der Waals surface area contributed by atoms with E-state index in [2.05, 4.69) is 73.3 Å². The number of hydrogen-bond acceptors (Lipinski definition) is 1. The lowest BCUT2D eigenvalue weighted by Gasteiger charge is -2.41. The van der Waals surface area contributed by atoms with Crippen molar-refractivity contribution in [2.24, 2.45) is 0 Å². The minimum absolute atomic E-state index is 0.213. The molecule has 0 aliphatic carbocycles. The van der Waals surface area contributed by atoms with Crippen molar-refractivity contribution in [3.8, 4) is 0 Å². The van der Waals surface area contributed by atoms with E-state index in [1.807, 2.05) is 0 Å². The predicted molar refractivity (Wildman–Crippen MR) is 77.0 cm³/mol. The van der Waals surface area contributed by atoms with Crippen LogP contribution in [0.25, 0.3) is 0 Å². The summed E-state index contributed by atoms with van der Waals surface area (Å²) in [6, 6.07) is 19.5. The number of anilines is 1. The molecule has 1 heterocycles. The van der Waals surface area contributed by atoms with Gasteiger partial charge in [0, 0.05) is 24.2 Å². The average Bonchev–Trinajstić information content (AvgIpc) is 2.39. The molecule has 0 saturated heterocycles. The highest BCUT2D eigenvalue weighted by molar-refractivity contribution is 5.51. The van der Waals surface area contributed by atoms with Gasteiger partial charge >= 0.3 is 0 Å². The van der Waals surface area contributed by atoms with E-state index in [1.165, 1.54) is 16.8 Å². The van der Waals surface area contributed by atoms with E-state index in [1.54, 1.807) is 0 Å². The van der Waals surface area contributed by atoms with Crippen LogP contribution >= 0.6 is 0 Å². The lowest BCUT2D eigenvalue weighted by Crippen LogP contribution is -2.42. The zero-order valence-electron chi connectivity index (χ0n) is 11.1. The molecule has 1 nitrogen and oxygen atoms in total. The molecule has 0 amide bonds. The summed E-state index contributed by atoms with van der Waals surface area (Å²) in [4.78, 5) is 2.47. The van der Waals surface area contributed by atoms with Crippen LogP contribution in [-0.4, -0.2) is 6.54 Å². The minimum Gasteiger partial charge on any atom is -0.366 e. The monoisotopic (exact) mass is 237 g/mol. The van der Waals surface area contributed by atoms with E-state index in [9.17, 15) is 0 Å². The van der Waals surface area contributed by atoms with Crippen LogP contribution in [-0.2, 0) is 12.0 Å². The molecule has 1 aliphatic rings. The first kappa shape index (κ1) is 11.3. The summed E-state index contributed by atoms with van der Waals surface area (Å²) in [5, 5.41) is 0. The molecule has 2 aromatic carbocycles. The SMILES string of the molecule is CC1(C)CN(c2ccccc2)Cc2ccccc21. The van der Waals surface area contributed by atoms with Gasteiger partial charge < -0.3 is 4.90 Å². The van der Waals surface area contributed by atoms with Crippen molar-refractivity contribution in [1.29, 1.82) is 0 Å². The smallest absolute Gasteiger partial charge is 0.0432 e. The molecule has 0 saturated carbocycles. The molecule has 0 fully saturated rings. The van der Waals surface area contributed by atoms with Crippen LogP contribution < -0.4 is 4.90 Å². The standard InChI is InChI=1S/C17H19N/c1-17(2)13-18(15-9-4-3-5-10-15)12-14-8-6-7-11-16(14)17/h3-11H,12-13H2,1-2H3. The fraction of sp³-hybridized carbons (Fsp3) is 0.294. The van der Waals surface area contributed by atoms with Gasteiger partial charge in [-0.25, -0.2) is 0 Å². The van der Waals surface area contributed by atoms with Gasteiger partial charge in [0.25, 0.3) is 0 Å². The highest BCUT2D eigenvalue weighted by atomic mass is 15.1. The Kier molecular flexibility index (Phi) is 2.62. The van der Waals surface area contributed by atoms with Gasteiger partial charge in [-0.1, -0.05) is 56.3 Å². The number of rotatable bonds is 1. The molecule has 18 heavy (non-hydrogen) atoms. The highest BCUT2D eigenvalue weighted by Crippen LogP contribution is 2.35. The van der Waals surface area contributed by atoms with Crippen LogP contribution in [0.3, 0.4) is 0 Å². The molecule has 0 radical (unpaired) electrons. The van der Waals surface area contributed by atoms with Crippen molar-refractivity contribution in [2.45, 2.75) is 25.8 Å². The maximum absolute atomic E-state index is 2.47. The van der Waals surface area contributed by atoms with Gasteiger partial charge in [0.05, 0.1) is 0 Å². The molecule has 0 aromatic heterocycles. The summed E-state index contributed by atoms with van der Waals surface area (Å²) < 4.78 is 0. The summed E-state index contributed by atoms with van der Waals surface area (Å²) >= 11 is 0. The average molecular weight is 237 g/mol. The van der Waals surface area contributed by atoms with E-state index in [0.29, 0.717) is 0 Å². The Labute approximate surface area is 109 Å². The van der Waals surface area contributed by atoms with E-state index in [4.69, 9.17) is 0 Å². The predicted octanol–water partition coefficient (Wildman–Crippen LogP) is 3.98. The summed E-state index contributed by atoms with van der Waals surface area (Å²) in [5.74, 6) is 0. The summed E-state index contributed by atoms with van der Waals surface area (Å²) in [6.45, 7) is 6.76. The third-order valence-electron chi connectivity index (χ3n) is 3.82. The van der Waals surface area contributed by atoms with Crippen molar-refractivity contribution >= 4 is 5.69 Å². The zero-order chi connectivity index (χ0) is 12.6. The molecule has 1 aliphatic heterocycles. The molecule has 0 spiro atoms. The van der Waals surface area contributed by atoms with Crippen LogP contribution in [0.1, 0.15) is 25.0 Å². The molecular formula is C17H19N. The largest absolute Gasteiger partial charge is 0.366 e. The highest BCUT2D eigenvalue weighted by Gasteiger charge is 2.31. The first-order chi connectivity index (χ1) is 8.67. The number of hydrogen-bond donors (Lipinski definition) is 0. The van der Waals surface area contributed by atoms with E-state index in [0.717, 1.165) is 13.1 Å². The van der Waals surface area contributed by atoms with Gasteiger partial charge in [-0.15, -0.1) is 0 Å². The third kappa shape index (κ3) is 1.90. The second kappa shape index (κ2) is 4.16. The van der Waals surface area contributed by atoms with E-state index in [-0.39, 0.29) is 5.41 Å². The van der Waals surface area contributed by atoms with Gasteiger partial charge in [-0.3, -0.25) is 0 Å². The van der Waals surface area contributed by atoms with E-state index < -0.39 is 0 Å². The molecule has 0 bridgehead atoms. The second-order valence-electron chi connectivity index (χ2n) is 5.73. The first-order valence-corrected chi connectivity index (χ1v) is 6.55. The fourth-order valence-corrected chi connectivity index (χ4v) is 2.96. The Hall–Kier alpha value is -1.76. The van der Waals surface area contributed by atoms with Crippen LogP contribution in [0.4, 0.5) is 5.69 Å². The molecule has 0 unspecified atom stereocenters. The third-order valence-corrected chi connectivity index (χ3v) is 3.82. The van der Waals surface area contributed by atoms with Gasteiger partial charge in [-0.2, -0.15) is 0 Å². The maximum atomic E-state index is 2.47. The van der Waals surface area contributed by atoms with Gasteiger partial charge in [0.1, 0.15) is 0 Å². The Morgan fingerprint density at radius 3 is 2.33 bits per heavy atom. The Balaban J connectivity index is 2.01. The number of benzene rings is 2. The molecule has 92 valence electrons.